The average molecular weight is 322 g/mol. The lowest BCUT2D eigenvalue weighted by atomic mass is 9.88. The van der Waals surface area contributed by atoms with Crippen molar-refractivity contribution in [2.24, 2.45) is 0 Å². The van der Waals surface area contributed by atoms with Gasteiger partial charge in [-0.3, -0.25) is 9.88 Å². The zero-order valence-electron chi connectivity index (χ0n) is 14.6. The van der Waals surface area contributed by atoms with E-state index in [-0.39, 0.29) is 0 Å². The lowest BCUT2D eigenvalue weighted by Crippen LogP contribution is -2.28. The Hall–Kier alpha value is -2.15. The van der Waals surface area contributed by atoms with Crippen LogP contribution < -0.4 is 0 Å². The average Bonchev–Trinajstić information content (AvgIpc) is 2.63. The van der Waals surface area contributed by atoms with Crippen LogP contribution in [0, 0.1) is 11.8 Å². The highest BCUT2D eigenvalue weighted by Gasteiger charge is 2.29. The summed E-state index contributed by atoms with van der Waals surface area (Å²) >= 11 is 0. The summed E-state index contributed by atoms with van der Waals surface area (Å²) in [6.07, 6.45) is 5.59. The van der Waals surface area contributed by atoms with Crippen molar-refractivity contribution in [3.8, 4) is 11.8 Å². The Morgan fingerprint density at radius 3 is 2.25 bits per heavy atom. The number of rotatable bonds is 7. The molecule has 126 valence electrons. The van der Waals surface area contributed by atoms with Crippen LogP contribution >= 0.6 is 0 Å². The molecule has 1 atom stereocenters. The fourth-order valence-corrected chi connectivity index (χ4v) is 2.75. The quantitative estimate of drug-likeness (QED) is 0.793. The highest BCUT2D eigenvalue weighted by molar-refractivity contribution is 5.43. The number of hydrogen-bond donors (Lipinski definition) is 1. The summed E-state index contributed by atoms with van der Waals surface area (Å²) in [6, 6.07) is 13.3. The van der Waals surface area contributed by atoms with Crippen molar-refractivity contribution in [1.82, 2.24) is 9.88 Å². The molecule has 1 aromatic heterocycles. The lowest BCUT2D eigenvalue weighted by molar-refractivity contribution is 0.144. The second-order valence-corrected chi connectivity index (χ2v) is 5.90. The van der Waals surface area contributed by atoms with Gasteiger partial charge in [0.15, 0.2) is 5.60 Å². The fourth-order valence-electron chi connectivity index (χ4n) is 2.75. The van der Waals surface area contributed by atoms with Gasteiger partial charge in [-0.2, -0.15) is 0 Å². The van der Waals surface area contributed by atoms with E-state index in [9.17, 15) is 5.11 Å². The number of hydrogen-bond acceptors (Lipinski definition) is 3. The molecule has 0 spiro atoms. The first-order chi connectivity index (χ1) is 11.7. The van der Waals surface area contributed by atoms with Gasteiger partial charge in [0.1, 0.15) is 0 Å². The predicted octanol–water partition coefficient (Wildman–Crippen LogP) is 3.44. The van der Waals surface area contributed by atoms with Crippen molar-refractivity contribution < 1.29 is 5.11 Å². The van der Waals surface area contributed by atoms with E-state index in [0.29, 0.717) is 12.1 Å². The molecular weight excluding hydrogens is 296 g/mol. The minimum Gasteiger partial charge on any atom is -0.369 e. The van der Waals surface area contributed by atoms with E-state index in [1.54, 1.807) is 12.4 Å². The highest BCUT2D eigenvalue weighted by Crippen LogP contribution is 2.28. The predicted molar refractivity (Wildman–Crippen MR) is 98.5 cm³/mol. The molecule has 0 aliphatic carbocycles. The van der Waals surface area contributed by atoms with E-state index < -0.39 is 5.60 Å². The van der Waals surface area contributed by atoms with Crippen LogP contribution in [-0.4, -0.2) is 34.6 Å². The molecule has 3 nitrogen and oxygen atoms in total. The van der Waals surface area contributed by atoms with Gasteiger partial charge in [0.2, 0.25) is 0 Å². The first-order valence-corrected chi connectivity index (χ1v) is 8.61. The number of aliphatic hydroxyl groups is 1. The van der Waals surface area contributed by atoms with Crippen LogP contribution in [0.3, 0.4) is 0 Å². The summed E-state index contributed by atoms with van der Waals surface area (Å²) in [6.45, 7) is 7.06. The summed E-state index contributed by atoms with van der Waals surface area (Å²) < 4.78 is 0. The third-order valence-electron chi connectivity index (χ3n) is 3.92. The van der Waals surface area contributed by atoms with Gasteiger partial charge in [0, 0.05) is 23.5 Å². The minimum absolute atomic E-state index is 0.664. The van der Waals surface area contributed by atoms with Crippen molar-refractivity contribution in [2.75, 3.05) is 19.6 Å². The molecule has 0 saturated heterocycles. The third kappa shape index (κ3) is 4.67. The molecule has 3 heteroatoms. The Bertz CT molecular complexity index is 613. The molecule has 0 aliphatic rings. The van der Waals surface area contributed by atoms with Crippen molar-refractivity contribution in [1.29, 1.82) is 0 Å². The number of nitrogens with zero attached hydrogens (tertiary/aromatic N) is 2. The third-order valence-corrected chi connectivity index (χ3v) is 3.92. The van der Waals surface area contributed by atoms with Gasteiger partial charge in [-0.25, -0.2) is 0 Å². The molecule has 0 fully saturated rings. The molecule has 1 heterocycles. The second-order valence-electron chi connectivity index (χ2n) is 5.90. The van der Waals surface area contributed by atoms with Gasteiger partial charge in [-0.15, -0.1) is 0 Å². The van der Waals surface area contributed by atoms with E-state index >= 15 is 0 Å². The normalized spacial score (nSPS) is 13.2. The van der Waals surface area contributed by atoms with Crippen LogP contribution in [0.1, 0.15) is 37.8 Å². The van der Waals surface area contributed by atoms with E-state index in [1.807, 2.05) is 42.5 Å². The second kappa shape index (κ2) is 9.22. The summed E-state index contributed by atoms with van der Waals surface area (Å²) in [7, 11) is 0. The van der Waals surface area contributed by atoms with Crippen LogP contribution in [0.15, 0.2) is 54.9 Å². The Labute approximate surface area is 145 Å². The maximum atomic E-state index is 11.3. The molecule has 2 rings (SSSR count). The Morgan fingerprint density at radius 2 is 1.67 bits per heavy atom. The summed E-state index contributed by atoms with van der Waals surface area (Å²) in [5.74, 6) is 6.29. The molecule has 0 radical (unpaired) electrons. The number of aromatic nitrogens is 1. The van der Waals surface area contributed by atoms with Crippen LogP contribution in [-0.2, 0) is 5.60 Å². The molecule has 1 aromatic carbocycles. The molecule has 0 amide bonds. The Balaban J connectivity index is 2.30. The zero-order valence-corrected chi connectivity index (χ0v) is 14.6. The Kier molecular flexibility index (Phi) is 6.99. The minimum atomic E-state index is -1.33. The van der Waals surface area contributed by atoms with Gasteiger partial charge in [0.05, 0.1) is 6.54 Å². The van der Waals surface area contributed by atoms with Crippen molar-refractivity contribution in [3.63, 3.8) is 0 Å². The van der Waals surface area contributed by atoms with Crippen molar-refractivity contribution in [2.45, 2.75) is 32.3 Å². The van der Waals surface area contributed by atoms with Gasteiger partial charge in [-0.1, -0.05) is 62.1 Å². The smallest absolute Gasteiger partial charge is 0.178 e. The molecule has 0 bridgehead atoms. The maximum absolute atomic E-state index is 11.3. The summed E-state index contributed by atoms with van der Waals surface area (Å²) in [5.41, 5.74) is 0.129. The van der Waals surface area contributed by atoms with E-state index in [4.69, 9.17) is 0 Å². The summed E-state index contributed by atoms with van der Waals surface area (Å²) in [4.78, 5) is 6.46. The van der Waals surface area contributed by atoms with E-state index in [2.05, 4.69) is 35.6 Å². The first kappa shape index (κ1) is 18.2. The van der Waals surface area contributed by atoms with E-state index in [0.717, 1.165) is 31.5 Å². The molecule has 24 heavy (non-hydrogen) atoms. The van der Waals surface area contributed by atoms with Crippen LogP contribution in [0.25, 0.3) is 0 Å². The van der Waals surface area contributed by atoms with Crippen molar-refractivity contribution in [3.05, 3.63) is 66.0 Å². The molecule has 1 N–H and O–H groups in total. The lowest BCUT2D eigenvalue weighted by Gasteiger charge is -2.23. The molecular formula is C21H26N2O. The topological polar surface area (TPSA) is 36.4 Å². The summed E-state index contributed by atoms with van der Waals surface area (Å²) in [5, 5.41) is 11.3. The SMILES string of the molecule is CCCN(CC#C[C@@](O)(c1ccccc1)c1cccnc1)CCC. The van der Waals surface area contributed by atoms with Gasteiger partial charge in [-0.05, 0) is 32.0 Å². The number of benzene rings is 1. The fraction of sp³-hybridized carbons (Fsp3) is 0.381. The largest absolute Gasteiger partial charge is 0.369 e. The molecule has 2 aromatic rings. The highest BCUT2D eigenvalue weighted by atomic mass is 16.3. The van der Waals surface area contributed by atoms with Crippen molar-refractivity contribution >= 4 is 0 Å². The standard InChI is InChI=1S/C21H26N2O/c1-3-15-23(16-4-2)17-9-13-21(24,19-10-6-5-7-11-19)20-12-8-14-22-18-20/h5-8,10-12,14,18,24H,3-4,15-17H2,1-2H3/t21-/m1/s1. The van der Waals surface area contributed by atoms with E-state index in [1.165, 1.54) is 0 Å². The molecule has 0 unspecified atom stereocenters. The van der Waals surface area contributed by atoms with Crippen LogP contribution in [0.4, 0.5) is 0 Å². The maximum Gasteiger partial charge on any atom is 0.178 e. The van der Waals surface area contributed by atoms with Crippen LogP contribution in [0.5, 0.6) is 0 Å². The van der Waals surface area contributed by atoms with Gasteiger partial charge < -0.3 is 5.11 Å². The van der Waals surface area contributed by atoms with Gasteiger partial charge in [0.25, 0.3) is 0 Å². The Morgan fingerprint density at radius 1 is 1.00 bits per heavy atom. The zero-order chi connectivity index (χ0) is 17.3. The monoisotopic (exact) mass is 322 g/mol. The molecule has 0 saturated carbocycles. The molecule has 0 aliphatic heterocycles. The van der Waals surface area contributed by atoms with Gasteiger partial charge >= 0.3 is 0 Å². The van der Waals surface area contributed by atoms with Crippen LogP contribution in [0.2, 0.25) is 0 Å². The first-order valence-electron chi connectivity index (χ1n) is 8.61. The number of pyridine rings is 1.